The number of carbonyl (C=O) groups excluding carboxylic acids is 2. The molecule has 0 aromatic carbocycles. The standard InChI is InChI=1S/C23H26N10O5S2/c1-3-38-29-14(17-28-23(25)40-30-17)19(34)27-15-20(35)33-16(22(36)37)12(9-39-21(15)33)8-31-6-4-5-13-18(31)26-10-32(13)7-11(2)24/h4-6,10-11,15,21H,3,7-9,24H2,1-2H3,(H3-,25,27,28,30,34,36,37)/p+1/b29-14-. The number of nitrogen functional groups attached to an aromatic ring is 1. The van der Waals surface area contributed by atoms with E-state index in [1.54, 1.807) is 13.3 Å². The third-order valence-corrected chi connectivity index (χ3v) is 8.07. The molecule has 1 saturated heterocycles. The number of aromatic nitrogens is 5. The molecule has 2 aliphatic rings. The number of nitrogens with zero attached hydrogens (tertiary/aromatic N) is 7. The Labute approximate surface area is 236 Å². The molecule has 0 saturated carbocycles. The van der Waals surface area contributed by atoms with Crippen LogP contribution in [0.1, 0.15) is 19.7 Å². The van der Waals surface area contributed by atoms with Gasteiger partial charge in [0.25, 0.3) is 11.8 Å². The number of thioether (sulfide) groups is 1. The second-order valence-corrected chi connectivity index (χ2v) is 11.0. The number of carbonyl (C=O) groups is 3. The summed E-state index contributed by atoms with van der Waals surface area (Å²) in [6.45, 7) is 4.59. The third-order valence-electron chi connectivity index (χ3n) is 6.19. The molecule has 6 N–H and O–H groups in total. The second kappa shape index (κ2) is 11.2. The number of hydrogen-bond acceptors (Lipinski definition) is 12. The molecule has 3 unspecified atom stereocenters. The van der Waals surface area contributed by atoms with Crippen LogP contribution in [-0.2, 0) is 32.3 Å². The van der Waals surface area contributed by atoms with E-state index in [0.717, 1.165) is 17.0 Å². The molecular weight excluding hydrogens is 560 g/mol. The van der Waals surface area contributed by atoms with E-state index in [0.29, 0.717) is 23.5 Å². The van der Waals surface area contributed by atoms with Gasteiger partial charge in [0.2, 0.25) is 17.9 Å². The van der Waals surface area contributed by atoms with Gasteiger partial charge in [0.1, 0.15) is 35.8 Å². The number of carboxylic acid groups (broad SMARTS) is 1. The fraction of sp³-hybridized carbons (Fsp3) is 0.391. The molecule has 3 aromatic rings. The Kier molecular flexibility index (Phi) is 7.68. The lowest BCUT2D eigenvalue weighted by molar-refractivity contribution is -0.664. The highest BCUT2D eigenvalue weighted by Gasteiger charge is 2.54. The predicted molar refractivity (Wildman–Crippen MR) is 146 cm³/mol. The minimum Gasteiger partial charge on any atom is -0.477 e. The van der Waals surface area contributed by atoms with E-state index >= 15 is 0 Å². The van der Waals surface area contributed by atoms with Crippen molar-refractivity contribution in [3.05, 3.63) is 41.8 Å². The van der Waals surface area contributed by atoms with E-state index in [2.05, 4.69) is 24.8 Å². The molecule has 0 aliphatic carbocycles. The number of amides is 2. The highest BCUT2D eigenvalue weighted by atomic mass is 32.2. The van der Waals surface area contributed by atoms with Crippen LogP contribution in [0.3, 0.4) is 0 Å². The van der Waals surface area contributed by atoms with Crippen molar-refractivity contribution in [1.29, 1.82) is 0 Å². The summed E-state index contributed by atoms with van der Waals surface area (Å²) in [5.74, 6) is -2.21. The molecule has 5 rings (SSSR count). The summed E-state index contributed by atoms with van der Waals surface area (Å²) in [6, 6.07) is 2.74. The summed E-state index contributed by atoms with van der Waals surface area (Å²) in [4.78, 5) is 53.3. The van der Waals surface area contributed by atoms with Crippen LogP contribution >= 0.6 is 23.3 Å². The molecule has 0 spiro atoms. The number of carboxylic acids is 1. The largest absolute Gasteiger partial charge is 0.477 e. The van der Waals surface area contributed by atoms with Gasteiger partial charge in [-0.1, -0.05) is 5.16 Å². The number of imidazole rings is 1. The summed E-state index contributed by atoms with van der Waals surface area (Å²) in [6.07, 6.45) is 3.52. The number of pyridine rings is 1. The Morgan fingerprint density at radius 1 is 1.43 bits per heavy atom. The van der Waals surface area contributed by atoms with E-state index in [4.69, 9.17) is 16.3 Å². The fourth-order valence-corrected chi connectivity index (χ4v) is 6.30. The average molecular weight is 588 g/mol. The number of hydrogen-bond donors (Lipinski definition) is 4. The first-order valence-electron chi connectivity index (χ1n) is 12.3. The van der Waals surface area contributed by atoms with E-state index in [9.17, 15) is 19.5 Å². The second-order valence-electron chi connectivity index (χ2n) is 9.15. The summed E-state index contributed by atoms with van der Waals surface area (Å²) < 4.78 is 7.79. The molecule has 3 aromatic heterocycles. The first kappa shape index (κ1) is 27.5. The van der Waals surface area contributed by atoms with Crippen LogP contribution in [0, 0.1) is 0 Å². The molecule has 1 fully saturated rings. The van der Waals surface area contributed by atoms with Gasteiger partial charge in [0, 0.05) is 35.4 Å². The summed E-state index contributed by atoms with van der Waals surface area (Å²) >= 11 is 2.24. The van der Waals surface area contributed by atoms with Crippen molar-refractivity contribution in [2.75, 3.05) is 18.1 Å². The van der Waals surface area contributed by atoms with Crippen LogP contribution in [0.25, 0.3) is 11.2 Å². The van der Waals surface area contributed by atoms with Gasteiger partial charge < -0.3 is 31.3 Å². The highest BCUT2D eigenvalue weighted by molar-refractivity contribution is 8.00. The number of nitrogens with two attached hydrogens (primary N) is 2. The van der Waals surface area contributed by atoms with Crippen LogP contribution in [0.4, 0.5) is 5.13 Å². The van der Waals surface area contributed by atoms with Crippen molar-refractivity contribution in [2.24, 2.45) is 10.9 Å². The van der Waals surface area contributed by atoms with Gasteiger partial charge in [-0.05, 0) is 31.0 Å². The molecular formula is C23H27N10O5S2+. The van der Waals surface area contributed by atoms with Gasteiger partial charge in [0.05, 0.1) is 6.20 Å². The molecule has 3 atom stereocenters. The average Bonchev–Trinajstić information content (AvgIpc) is 3.53. The lowest BCUT2D eigenvalue weighted by atomic mass is 10.0. The predicted octanol–water partition coefficient (Wildman–Crippen LogP) is -0.716. The summed E-state index contributed by atoms with van der Waals surface area (Å²) in [5.41, 5.74) is 13.3. The zero-order chi connectivity index (χ0) is 28.6. The highest BCUT2D eigenvalue weighted by Crippen LogP contribution is 2.40. The molecule has 40 heavy (non-hydrogen) atoms. The first-order chi connectivity index (χ1) is 19.2. The summed E-state index contributed by atoms with van der Waals surface area (Å²) in [7, 11) is 0. The lowest BCUT2D eigenvalue weighted by Gasteiger charge is -2.49. The maximum Gasteiger partial charge on any atom is 0.352 e. The topological polar surface area (TPSA) is 208 Å². The maximum atomic E-state index is 13.2. The van der Waals surface area contributed by atoms with Crippen LogP contribution in [0.2, 0.25) is 0 Å². The molecule has 15 nitrogen and oxygen atoms in total. The molecule has 2 aliphatic heterocycles. The Morgan fingerprint density at radius 3 is 2.90 bits per heavy atom. The maximum absolute atomic E-state index is 13.2. The van der Waals surface area contributed by atoms with E-state index in [1.165, 1.54) is 16.7 Å². The van der Waals surface area contributed by atoms with Crippen molar-refractivity contribution < 1.29 is 28.9 Å². The van der Waals surface area contributed by atoms with Gasteiger partial charge in [-0.15, -0.1) is 11.8 Å². The molecule has 2 amide bonds. The number of rotatable bonds is 10. The van der Waals surface area contributed by atoms with Crippen LogP contribution < -0.4 is 21.4 Å². The molecule has 0 radical (unpaired) electrons. The number of aliphatic carboxylic acids is 1. The number of anilines is 1. The Bertz CT molecular complexity index is 1550. The van der Waals surface area contributed by atoms with E-state index in [-0.39, 0.29) is 41.6 Å². The molecule has 0 bridgehead atoms. The molecule has 210 valence electrons. The smallest absolute Gasteiger partial charge is 0.352 e. The minimum atomic E-state index is -1.23. The Hall–Kier alpha value is -4.09. The zero-order valence-electron chi connectivity index (χ0n) is 21.6. The lowest BCUT2D eigenvalue weighted by Crippen LogP contribution is -2.71. The van der Waals surface area contributed by atoms with Gasteiger partial charge in [-0.2, -0.15) is 9.36 Å². The van der Waals surface area contributed by atoms with Gasteiger partial charge >= 0.3 is 11.6 Å². The number of nitrogens with one attached hydrogen (secondary N) is 1. The van der Waals surface area contributed by atoms with Crippen molar-refractivity contribution in [1.82, 2.24) is 29.1 Å². The molecule has 17 heteroatoms. The normalized spacial score (nSPS) is 19.8. The summed E-state index contributed by atoms with van der Waals surface area (Å²) in [5, 5.41) is 16.0. The van der Waals surface area contributed by atoms with Crippen molar-refractivity contribution in [3.8, 4) is 0 Å². The monoisotopic (exact) mass is 587 g/mol. The van der Waals surface area contributed by atoms with Crippen LogP contribution in [0.5, 0.6) is 0 Å². The van der Waals surface area contributed by atoms with Gasteiger partial charge in [-0.3, -0.25) is 14.5 Å². The first-order valence-corrected chi connectivity index (χ1v) is 14.1. The molecule has 5 heterocycles. The zero-order valence-corrected chi connectivity index (χ0v) is 23.2. The number of oxime groups is 1. The van der Waals surface area contributed by atoms with Crippen molar-refractivity contribution >= 4 is 63.1 Å². The van der Waals surface area contributed by atoms with E-state index < -0.39 is 29.2 Å². The quantitative estimate of drug-likeness (QED) is 0.101. The Morgan fingerprint density at radius 2 is 2.23 bits per heavy atom. The van der Waals surface area contributed by atoms with Crippen molar-refractivity contribution in [2.45, 2.75) is 44.4 Å². The fourth-order valence-electron chi connectivity index (χ4n) is 4.53. The third kappa shape index (κ3) is 5.09. The van der Waals surface area contributed by atoms with E-state index in [1.807, 2.05) is 34.4 Å². The van der Waals surface area contributed by atoms with Crippen molar-refractivity contribution in [3.63, 3.8) is 0 Å². The van der Waals surface area contributed by atoms with Gasteiger partial charge in [0.15, 0.2) is 5.13 Å². The van der Waals surface area contributed by atoms with Crippen LogP contribution in [-0.4, -0.2) is 82.2 Å². The SMILES string of the molecule is CCO/N=C(\C(=O)NC1C(=O)N2C(C(=O)O)=C(C[n+]3cccc4c3ncn4CC(C)N)CSC12)c1nsc(N)n1. The number of β-lactam (4-membered cyclic amide) rings is 1. The van der Waals surface area contributed by atoms with Gasteiger partial charge in [-0.25, -0.2) is 9.36 Å². The number of fused-ring (bicyclic) bond motifs is 2. The Balaban J connectivity index is 1.37. The van der Waals surface area contributed by atoms with Crippen LogP contribution in [0.15, 0.2) is 41.1 Å². The minimum absolute atomic E-state index is 0.0312.